The van der Waals surface area contributed by atoms with Gasteiger partial charge in [0.15, 0.2) is 0 Å². The molecule has 2 N–H and O–H groups in total. The molecule has 0 radical (unpaired) electrons. The monoisotopic (exact) mass is 473 g/mol. The maximum atomic E-state index is 14.4. The molecule has 0 fully saturated rings. The summed E-state index contributed by atoms with van der Waals surface area (Å²) in [6.07, 6.45) is -10.8. The van der Waals surface area contributed by atoms with E-state index in [1.807, 2.05) is 0 Å². The maximum absolute atomic E-state index is 14.4. The molecule has 2 aromatic carbocycles. The van der Waals surface area contributed by atoms with Crippen LogP contribution in [0.1, 0.15) is 42.0 Å². The molecular weight excluding hydrogens is 454 g/mol. The molecule has 172 valence electrons. The van der Waals surface area contributed by atoms with Crippen LogP contribution in [0.25, 0.3) is 0 Å². The first-order chi connectivity index (χ1) is 14.0. The van der Waals surface area contributed by atoms with Gasteiger partial charge in [0.05, 0.1) is 10.6 Å². The van der Waals surface area contributed by atoms with E-state index in [0.717, 1.165) is 12.1 Å². The molecule has 0 saturated heterocycles. The molecule has 2 rings (SSSR count). The molecule has 2 aromatic rings. The molecule has 2 atom stereocenters. The van der Waals surface area contributed by atoms with Gasteiger partial charge in [-0.25, -0.2) is 8.78 Å². The fourth-order valence-corrected chi connectivity index (χ4v) is 3.83. The van der Waals surface area contributed by atoms with Crippen LogP contribution in [0.15, 0.2) is 30.3 Å². The van der Waals surface area contributed by atoms with Crippen molar-refractivity contribution in [1.29, 1.82) is 0 Å². The molecule has 2 unspecified atom stereocenters. The van der Waals surface area contributed by atoms with Crippen molar-refractivity contribution in [3.63, 3.8) is 0 Å². The highest BCUT2D eigenvalue weighted by atomic mass is 35.5. The van der Waals surface area contributed by atoms with Crippen molar-refractivity contribution < 1.29 is 35.1 Å². The number of rotatable bonds is 6. The molecule has 31 heavy (non-hydrogen) atoms. The minimum absolute atomic E-state index is 0.214. The van der Waals surface area contributed by atoms with Crippen molar-refractivity contribution in [2.45, 2.75) is 56.9 Å². The van der Waals surface area contributed by atoms with E-state index >= 15 is 0 Å². The molecule has 0 aromatic heterocycles. The van der Waals surface area contributed by atoms with Crippen LogP contribution in [0.3, 0.4) is 0 Å². The van der Waals surface area contributed by atoms with E-state index in [4.69, 9.17) is 17.3 Å². The van der Waals surface area contributed by atoms with Gasteiger partial charge in [-0.3, -0.25) is 0 Å². The Kier molecular flexibility index (Phi) is 7.32. The third-order valence-electron chi connectivity index (χ3n) is 5.32. The van der Waals surface area contributed by atoms with E-state index in [9.17, 15) is 35.1 Å². The number of hydrogen-bond donors (Lipinski definition) is 1. The number of benzene rings is 2. The Bertz CT molecular complexity index is 938. The minimum Gasteiger partial charge on any atom is -0.320 e. The largest absolute Gasteiger partial charge is 0.416 e. The van der Waals surface area contributed by atoms with Gasteiger partial charge < -0.3 is 5.73 Å². The van der Waals surface area contributed by atoms with Crippen LogP contribution >= 0.6 is 11.6 Å². The Morgan fingerprint density at radius 1 is 1.00 bits per heavy atom. The van der Waals surface area contributed by atoms with Gasteiger partial charge in [-0.2, -0.15) is 26.3 Å². The quantitative estimate of drug-likeness (QED) is 0.444. The summed E-state index contributed by atoms with van der Waals surface area (Å²) in [4.78, 5) is 0. The normalized spacial score (nSPS) is 15.6. The topological polar surface area (TPSA) is 26.0 Å². The smallest absolute Gasteiger partial charge is 0.320 e. The Morgan fingerprint density at radius 3 is 2.16 bits per heavy atom. The van der Waals surface area contributed by atoms with E-state index in [1.165, 1.54) is 13.0 Å². The zero-order valence-corrected chi connectivity index (χ0v) is 17.3. The molecule has 0 amide bonds. The van der Waals surface area contributed by atoms with Crippen molar-refractivity contribution in [2.75, 3.05) is 0 Å². The van der Waals surface area contributed by atoms with Gasteiger partial charge in [0, 0.05) is 0 Å². The Hall–Kier alpha value is -1.87. The van der Waals surface area contributed by atoms with Crippen LogP contribution in [0.4, 0.5) is 35.1 Å². The zero-order chi connectivity index (χ0) is 23.8. The number of hydrogen-bond acceptors (Lipinski definition) is 1. The van der Waals surface area contributed by atoms with E-state index in [-0.39, 0.29) is 18.4 Å². The van der Waals surface area contributed by atoms with Crippen molar-refractivity contribution in [1.82, 2.24) is 0 Å². The standard InChI is InChI=1S/C21H20ClF8N/c1-11-3-4-14(23)9-15(11)19(2,10-17(31)21(28,29)30)6-5-12-7-13(20(25,26)27)8-16(22)18(12)24/h3-4,7-9,17H,5-6,10,31H2,1-2H3. The number of aryl methyl sites for hydroxylation is 2. The second kappa shape index (κ2) is 8.94. The number of halogens is 9. The predicted molar refractivity (Wildman–Crippen MR) is 102 cm³/mol. The lowest BCUT2D eigenvalue weighted by molar-refractivity contribution is -0.152. The summed E-state index contributed by atoms with van der Waals surface area (Å²) < 4.78 is 107. The fraction of sp³-hybridized carbons (Fsp3) is 0.429. The van der Waals surface area contributed by atoms with E-state index in [0.29, 0.717) is 17.7 Å². The molecule has 0 spiro atoms. The van der Waals surface area contributed by atoms with Crippen molar-refractivity contribution in [2.24, 2.45) is 5.73 Å². The molecule has 0 heterocycles. The molecular formula is C21H20ClF8N. The Morgan fingerprint density at radius 2 is 1.61 bits per heavy atom. The Labute approximate surface area is 179 Å². The van der Waals surface area contributed by atoms with Crippen LogP contribution in [-0.4, -0.2) is 12.2 Å². The highest BCUT2D eigenvalue weighted by Crippen LogP contribution is 2.40. The fourth-order valence-electron chi connectivity index (χ4n) is 3.59. The first-order valence-corrected chi connectivity index (χ1v) is 9.56. The lowest BCUT2D eigenvalue weighted by Crippen LogP contribution is -2.43. The molecule has 0 bridgehead atoms. The van der Waals surface area contributed by atoms with Gasteiger partial charge in [-0.1, -0.05) is 24.6 Å². The highest BCUT2D eigenvalue weighted by Gasteiger charge is 2.42. The summed E-state index contributed by atoms with van der Waals surface area (Å²) in [7, 11) is 0. The van der Waals surface area contributed by atoms with Crippen LogP contribution in [0.5, 0.6) is 0 Å². The van der Waals surface area contributed by atoms with Gasteiger partial charge >= 0.3 is 12.4 Å². The van der Waals surface area contributed by atoms with E-state index < -0.39 is 58.0 Å². The van der Waals surface area contributed by atoms with Crippen molar-refractivity contribution >= 4 is 11.6 Å². The molecule has 0 aliphatic heterocycles. The van der Waals surface area contributed by atoms with Gasteiger partial charge in [0.2, 0.25) is 0 Å². The number of nitrogens with two attached hydrogens (primary N) is 1. The first-order valence-electron chi connectivity index (χ1n) is 9.18. The van der Waals surface area contributed by atoms with E-state index in [1.54, 1.807) is 6.92 Å². The van der Waals surface area contributed by atoms with E-state index in [2.05, 4.69) is 0 Å². The summed E-state index contributed by atoms with van der Waals surface area (Å²) in [5, 5.41) is -0.750. The minimum atomic E-state index is -4.78. The van der Waals surface area contributed by atoms with Gasteiger partial charge in [0.25, 0.3) is 0 Å². The molecule has 0 saturated carbocycles. The Balaban J connectivity index is 2.48. The summed E-state index contributed by atoms with van der Waals surface area (Å²) in [6.45, 7) is 2.96. The van der Waals surface area contributed by atoms with Crippen LogP contribution in [-0.2, 0) is 18.0 Å². The lowest BCUT2D eigenvalue weighted by Gasteiger charge is -2.35. The van der Waals surface area contributed by atoms with Crippen molar-refractivity contribution in [3.8, 4) is 0 Å². The lowest BCUT2D eigenvalue weighted by atomic mass is 9.71. The highest BCUT2D eigenvalue weighted by molar-refractivity contribution is 6.30. The summed E-state index contributed by atoms with van der Waals surface area (Å²) in [5.74, 6) is -1.78. The van der Waals surface area contributed by atoms with Crippen LogP contribution in [0.2, 0.25) is 5.02 Å². The third kappa shape index (κ3) is 6.10. The zero-order valence-electron chi connectivity index (χ0n) is 16.6. The first kappa shape index (κ1) is 25.4. The second-order valence-corrected chi connectivity index (χ2v) is 8.21. The van der Waals surface area contributed by atoms with Gasteiger partial charge in [-0.15, -0.1) is 0 Å². The number of alkyl halides is 6. The summed E-state index contributed by atoms with van der Waals surface area (Å²) in [5.41, 5.74) is 3.00. The van der Waals surface area contributed by atoms with Gasteiger partial charge in [-0.05, 0) is 72.6 Å². The second-order valence-electron chi connectivity index (χ2n) is 7.80. The van der Waals surface area contributed by atoms with Crippen molar-refractivity contribution in [3.05, 3.63) is 69.2 Å². The molecule has 1 nitrogen and oxygen atoms in total. The molecule has 0 aliphatic carbocycles. The average molecular weight is 474 g/mol. The van der Waals surface area contributed by atoms with Gasteiger partial charge in [0.1, 0.15) is 17.7 Å². The van der Waals surface area contributed by atoms with Crippen LogP contribution in [0, 0.1) is 18.6 Å². The summed E-state index contributed by atoms with van der Waals surface area (Å²) in [6, 6.07) is 2.32. The molecule has 0 aliphatic rings. The summed E-state index contributed by atoms with van der Waals surface area (Å²) >= 11 is 5.59. The predicted octanol–water partition coefficient (Wildman–Crippen LogP) is 7.12. The SMILES string of the molecule is Cc1ccc(F)cc1C(C)(CCc1cc(C(F)(F)F)cc(Cl)c1F)CC(N)C(F)(F)F. The maximum Gasteiger partial charge on any atom is 0.416 e. The molecule has 10 heteroatoms. The van der Waals surface area contributed by atoms with Crippen LogP contribution < -0.4 is 5.73 Å². The average Bonchev–Trinajstić information content (AvgIpc) is 2.63. The third-order valence-corrected chi connectivity index (χ3v) is 5.59.